The molecule has 0 unspecified atom stereocenters. The molecule has 0 fully saturated rings. The van der Waals surface area contributed by atoms with E-state index in [0.717, 1.165) is 24.1 Å². The molecule has 0 saturated carbocycles. The molecule has 13 heavy (non-hydrogen) atoms. The summed E-state index contributed by atoms with van der Waals surface area (Å²) in [4.78, 5) is 14.7. The van der Waals surface area contributed by atoms with Crippen molar-refractivity contribution in [1.82, 2.24) is 5.32 Å². The molecular formula is C9H15N3O. The summed E-state index contributed by atoms with van der Waals surface area (Å²) in [5.74, 6) is 0. The van der Waals surface area contributed by atoms with Crippen molar-refractivity contribution in [2.45, 2.75) is 19.4 Å². The Morgan fingerprint density at radius 3 is 2.69 bits per heavy atom. The van der Waals surface area contributed by atoms with Crippen molar-refractivity contribution in [3.63, 3.8) is 0 Å². The van der Waals surface area contributed by atoms with E-state index in [1.54, 1.807) is 20.1 Å². The summed E-state index contributed by atoms with van der Waals surface area (Å²) in [5.41, 5.74) is 6.84. The standard InChI is InChI=1S/C9H15N3O/c1-9(2,6-13)12-4-7-3-11-5-8(7)10/h4,6,11H,3,5,10H2,1-2H3. The molecule has 1 aliphatic rings. The lowest BCUT2D eigenvalue weighted by Gasteiger charge is -2.09. The average molecular weight is 181 g/mol. The van der Waals surface area contributed by atoms with Crippen LogP contribution in [-0.4, -0.2) is 31.1 Å². The van der Waals surface area contributed by atoms with Crippen LogP contribution in [0.25, 0.3) is 0 Å². The molecule has 0 aromatic rings. The molecule has 4 nitrogen and oxygen atoms in total. The molecule has 0 saturated heterocycles. The van der Waals surface area contributed by atoms with Gasteiger partial charge in [-0.3, -0.25) is 4.99 Å². The number of nitrogens with one attached hydrogen (secondary N) is 1. The lowest BCUT2D eigenvalue weighted by molar-refractivity contribution is -0.111. The Kier molecular flexibility index (Phi) is 2.83. The molecular weight excluding hydrogens is 166 g/mol. The molecule has 0 bridgehead atoms. The number of carbonyl (C=O) groups excluding carboxylic acids is 1. The summed E-state index contributed by atoms with van der Waals surface area (Å²) in [6, 6.07) is 0. The van der Waals surface area contributed by atoms with Gasteiger partial charge < -0.3 is 15.8 Å². The minimum absolute atomic E-state index is 0.643. The van der Waals surface area contributed by atoms with Crippen molar-refractivity contribution in [2.24, 2.45) is 10.7 Å². The van der Waals surface area contributed by atoms with Crippen molar-refractivity contribution in [3.05, 3.63) is 11.3 Å². The predicted octanol–water partition coefficient (Wildman–Crippen LogP) is -0.149. The fourth-order valence-electron chi connectivity index (χ4n) is 0.962. The second kappa shape index (κ2) is 3.70. The Labute approximate surface area is 77.9 Å². The van der Waals surface area contributed by atoms with Gasteiger partial charge in [-0.25, -0.2) is 0 Å². The molecule has 0 atom stereocenters. The second-order valence-electron chi connectivity index (χ2n) is 3.68. The number of nitrogens with zero attached hydrogens (tertiary/aromatic N) is 1. The van der Waals surface area contributed by atoms with Crippen LogP contribution in [0, 0.1) is 0 Å². The van der Waals surface area contributed by atoms with E-state index in [1.807, 2.05) is 0 Å². The summed E-state index contributed by atoms with van der Waals surface area (Å²) in [6.45, 7) is 4.97. The third-order valence-corrected chi connectivity index (χ3v) is 1.88. The predicted molar refractivity (Wildman–Crippen MR) is 52.7 cm³/mol. The zero-order valence-electron chi connectivity index (χ0n) is 8.00. The van der Waals surface area contributed by atoms with E-state index in [4.69, 9.17) is 5.73 Å². The van der Waals surface area contributed by atoms with Gasteiger partial charge in [0.25, 0.3) is 0 Å². The number of nitrogens with two attached hydrogens (primary N) is 1. The number of hydrogen-bond donors (Lipinski definition) is 2. The lowest BCUT2D eigenvalue weighted by atomic mass is 10.1. The Morgan fingerprint density at radius 2 is 2.23 bits per heavy atom. The van der Waals surface area contributed by atoms with Gasteiger partial charge in [-0.05, 0) is 13.8 Å². The third kappa shape index (κ3) is 2.66. The number of hydrogen-bond acceptors (Lipinski definition) is 4. The highest BCUT2D eigenvalue weighted by Crippen LogP contribution is 2.07. The van der Waals surface area contributed by atoms with Crippen molar-refractivity contribution in [3.8, 4) is 0 Å². The lowest BCUT2D eigenvalue weighted by Crippen LogP contribution is -2.19. The molecule has 3 N–H and O–H groups in total. The Balaban J connectivity index is 2.68. The minimum atomic E-state index is -0.643. The smallest absolute Gasteiger partial charge is 0.146 e. The van der Waals surface area contributed by atoms with E-state index in [9.17, 15) is 4.79 Å². The van der Waals surface area contributed by atoms with Gasteiger partial charge in [0.15, 0.2) is 0 Å². The Bertz CT molecular complexity index is 266. The summed E-state index contributed by atoms with van der Waals surface area (Å²) in [5, 5.41) is 3.10. The van der Waals surface area contributed by atoms with Gasteiger partial charge in [0.1, 0.15) is 11.8 Å². The van der Waals surface area contributed by atoms with Crippen LogP contribution in [0.3, 0.4) is 0 Å². The van der Waals surface area contributed by atoms with Crippen LogP contribution in [-0.2, 0) is 4.79 Å². The monoisotopic (exact) mass is 181 g/mol. The maximum atomic E-state index is 10.5. The van der Waals surface area contributed by atoms with Gasteiger partial charge in [0, 0.05) is 30.6 Å². The average Bonchev–Trinajstić information content (AvgIpc) is 2.48. The van der Waals surface area contributed by atoms with E-state index in [1.165, 1.54) is 0 Å². The summed E-state index contributed by atoms with van der Waals surface area (Å²) in [7, 11) is 0. The van der Waals surface area contributed by atoms with E-state index >= 15 is 0 Å². The molecule has 1 rings (SSSR count). The first-order valence-corrected chi connectivity index (χ1v) is 4.25. The summed E-state index contributed by atoms with van der Waals surface area (Å²) >= 11 is 0. The maximum Gasteiger partial charge on any atom is 0.146 e. The zero-order valence-corrected chi connectivity index (χ0v) is 8.00. The molecule has 0 aliphatic carbocycles. The molecule has 0 radical (unpaired) electrons. The fourth-order valence-corrected chi connectivity index (χ4v) is 0.962. The highest BCUT2D eigenvalue weighted by atomic mass is 16.1. The van der Waals surface area contributed by atoms with Crippen LogP contribution < -0.4 is 11.1 Å². The first kappa shape index (κ1) is 9.92. The molecule has 0 aromatic carbocycles. The fraction of sp³-hybridized carbons (Fsp3) is 0.556. The largest absolute Gasteiger partial charge is 0.401 e. The highest BCUT2D eigenvalue weighted by molar-refractivity contribution is 5.83. The van der Waals surface area contributed by atoms with Crippen molar-refractivity contribution in [2.75, 3.05) is 13.1 Å². The van der Waals surface area contributed by atoms with Gasteiger partial charge in [0.05, 0.1) is 0 Å². The first-order chi connectivity index (χ1) is 6.05. The number of aliphatic imine (C=N–C) groups is 1. The van der Waals surface area contributed by atoms with E-state index < -0.39 is 5.54 Å². The van der Waals surface area contributed by atoms with Crippen molar-refractivity contribution in [1.29, 1.82) is 0 Å². The molecule has 0 aromatic heterocycles. The van der Waals surface area contributed by atoms with Crippen LogP contribution in [0.1, 0.15) is 13.8 Å². The van der Waals surface area contributed by atoms with Gasteiger partial charge in [0.2, 0.25) is 0 Å². The molecule has 0 spiro atoms. The SMILES string of the molecule is CC(C)(C=O)N=CC1=C(N)CNC1. The second-order valence-corrected chi connectivity index (χ2v) is 3.68. The van der Waals surface area contributed by atoms with Crippen LogP contribution in [0.2, 0.25) is 0 Å². The highest BCUT2D eigenvalue weighted by Gasteiger charge is 2.14. The van der Waals surface area contributed by atoms with Crippen LogP contribution in [0.4, 0.5) is 0 Å². The number of carbonyl (C=O) groups is 1. The van der Waals surface area contributed by atoms with Crippen LogP contribution >= 0.6 is 0 Å². The van der Waals surface area contributed by atoms with Gasteiger partial charge in [-0.2, -0.15) is 0 Å². The molecule has 1 aliphatic heterocycles. The molecule has 72 valence electrons. The van der Waals surface area contributed by atoms with Gasteiger partial charge in [-0.1, -0.05) is 0 Å². The molecule has 0 amide bonds. The number of aldehydes is 1. The van der Waals surface area contributed by atoms with Gasteiger partial charge in [-0.15, -0.1) is 0 Å². The first-order valence-electron chi connectivity index (χ1n) is 4.25. The Morgan fingerprint density at radius 1 is 1.54 bits per heavy atom. The Hall–Kier alpha value is -1.16. The summed E-state index contributed by atoms with van der Waals surface area (Å²) < 4.78 is 0. The molecule has 1 heterocycles. The third-order valence-electron chi connectivity index (χ3n) is 1.88. The van der Waals surface area contributed by atoms with Gasteiger partial charge >= 0.3 is 0 Å². The van der Waals surface area contributed by atoms with E-state index in [0.29, 0.717) is 6.54 Å². The normalized spacial score (nSPS) is 18.6. The number of rotatable bonds is 3. The maximum absolute atomic E-state index is 10.5. The minimum Gasteiger partial charge on any atom is -0.401 e. The quantitative estimate of drug-likeness (QED) is 0.470. The summed E-state index contributed by atoms with van der Waals surface area (Å²) in [6.07, 6.45) is 2.51. The van der Waals surface area contributed by atoms with Crippen molar-refractivity contribution < 1.29 is 4.79 Å². The van der Waals surface area contributed by atoms with E-state index in [-0.39, 0.29) is 0 Å². The van der Waals surface area contributed by atoms with Crippen molar-refractivity contribution >= 4 is 12.5 Å². The van der Waals surface area contributed by atoms with Crippen LogP contribution in [0.5, 0.6) is 0 Å². The topological polar surface area (TPSA) is 67.5 Å². The van der Waals surface area contributed by atoms with E-state index in [2.05, 4.69) is 10.3 Å². The zero-order chi connectivity index (χ0) is 9.90. The molecule has 4 heteroatoms. The van der Waals surface area contributed by atoms with Crippen LogP contribution in [0.15, 0.2) is 16.3 Å².